The van der Waals surface area contributed by atoms with Gasteiger partial charge in [-0.05, 0) is 38.6 Å². The highest BCUT2D eigenvalue weighted by Gasteiger charge is 2.33. The third-order valence-corrected chi connectivity index (χ3v) is 5.89. The van der Waals surface area contributed by atoms with E-state index in [-0.39, 0.29) is 6.04 Å². The molecule has 30 heavy (non-hydrogen) atoms. The Morgan fingerprint density at radius 1 is 1.13 bits per heavy atom. The quantitative estimate of drug-likeness (QED) is 0.647. The Labute approximate surface area is 173 Å². The molecule has 8 nitrogen and oxygen atoms in total. The third-order valence-electron chi connectivity index (χ3n) is 5.89. The highest BCUT2D eigenvalue weighted by Crippen LogP contribution is 2.44. The van der Waals surface area contributed by atoms with Gasteiger partial charge in [0.15, 0.2) is 5.65 Å². The van der Waals surface area contributed by atoms with E-state index in [4.69, 9.17) is 9.84 Å². The van der Waals surface area contributed by atoms with Crippen LogP contribution in [0.3, 0.4) is 0 Å². The summed E-state index contributed by atoms with van der Waals surface area (Å²) in [5.74, 6) is 1.87. The second-order valence-corrected chi connectivity index (χ2v) is 8.45. The number of aromatic nitrogens is 5. The van der Waals surface area contributed by atoms with Crippen molar-refractivity contribution in [2.75, 3.05) is 18.4 Å². The number of imidazole rings is 1. The molecule has 9 heteroatoms. The predicted octanol–water partition coefficient (Wildman–Crippen LogP) is 2.72. The first-order valence-electron chi connectivity index (χ1n) is 10.7. The van der Waals surface area contributed by atoms with Gasteiger partial charge < -0.3 is 15.4 Å². The number of fused-ring (bicyclic) bond motifs is 1. The van der Waals surface area contributed by atoms with Crippen LogP contribution >= 0.6 is 0 Å². The van der Waals surface area contributed by atoms with Crippen LogP contribution in [0, 0.1) is 0 Å². The molecule has 0 amide bonds. The van der Waals surface area contributed by atoms with Crippen LogP contribution in [0.25, 0.3) is 17.0 Å². The number of rotatable bonds is 6. The second kappa shape index (κ2) is 7.16. The van der Waals surface area contributed by atoms with Gasteiger partial charge in [-0.2, -0.15) is 5.10 Å². The Bertz CT molecular complexity index is 1080. The number of nitrogens with zero attached hydrogens (tertiary/aromatic N) is 5. The van der Waals surface area contributed by atoms with Crippen molar-refractivity contribution in [3.05, 3.63) is 30.4 Å². The highest BCUT2D eigenvalue weighted by molar-refractivity contribution is 5.61. The molecule has 156 valence electrons. The predicted molar refractivity (Wildman–Crippen MR) is 109 cm³/mol. The van der Waals surface area contributed by atoms with Crippen molar-refractivity contribution in [1.29, 1.82) is 0 Å². The van der Waals surface area contributed by atoms with E-state index >= 15 is 0 Å². The molecule has 3 aromatic heterocycles. The lowest BCUT2D eigenvalue weighted by Gasteiger charge is -2.27. The van der Waals surface area contributed by atoms with Crippen molar-refractivity contribution < 1.29 is 9.13 Å². The molecule has 2 N–H and O–H groups in total. The van der Waals surface area contributed by atoms with Gasteiger partial charge in [-0.1, -0.05) is 0 Å². The maximum atomic E-state index is 14.2. The van der Waals surface area contributed by atoms with E-state index in [1.807, 2.05) is 10.6 Å². The van der Waals surface area contributed by atoms with Crippen molar-refractivity contribution in [2.24, 2.45) is 0 Å². The number of piperidine rings is 1. The lowest BCUT2D eigenvalue weighted by molar-refractivity contribution is 0.241. The number of hydrogen-bond acceptors (Lipinski definition) is 7. The van der Waals surface area contributed by atoms with Crippen molar-refractivity contribution in [3.63, 3.8) is 0 Å². The number of nitrogens with one attached hydrogen (secondary N) is 2. The molecule has 3 aromatic rings. The zero-order valence-corrected chi connectivity index (χ0v) is 16.6. The molecule has 3 fully saturated rings. The number of halogens is 1. The summed E-state index contributed by atoms with van der Waals surface area (Å²) in [6.07, 6.45) is 9.49. The molecule has 1 saturated heterocycles. The molecule has 2 aliphatic carbocycles. The molecule has 0 aromatic carbocycles. The average Bonchev–Trinajstić information content (AvgIpc) is 3.68. The summed E-state index contributed by atoms with van der Waals surface area (Å²) in [5.41, 5.74) is 3.14. The van der Waals surface area contributed by atoms with Crippen LogP contribution in [0.4, 0.5) is 10.2 Å². The van der Waals surface area contributed by atoms with Gasteiger partial charge in [-0.25, -0.2) is 18.9 Å². The SMILES string of the molecule is FC1CCNCC1Nc1cncc(-c2cnc3cc(OC4CC4)c(C4CC4)nn23)n1. The highest BCUT2D eigenvalue weighted by atomic mass is 19.1. The van der Waals surface area contributed by atoms with E-state index in [1.165, 1.54) is 0 Å². The fourth-order valence-corrected chi connectivity index (χ4v) is 3.90. The second-order valence-electron chi connectivity index (χ2n) is 8.45. The largest absolute Gasteiger partial charge is 0.488 e. The van der Waals surface area contributed by atoms with Crippen LogP contribution in [-0.4, -0.2) is 56.0 Å². The normalized spacial score (nSPS) is 24.2. The Morgan fingerprint density at radius 2 is 2.03 bits per heavy atom. The van der Waals surface area contributed by atoms with Crippen molar-refractivity contribution in [1.82, 2.24) is 29.9 Å². The fraction of sp³-hybridized carbons (Fsp3) is 0.524. The Balaban J connectivity index is 1.33. The minimum Gasteiger partial charge on any atom is -0.488 e. The van der Waals surface area contributed by atoms with E-state index in [2.05, 4.69) is 25.6 Å². The first-order chi connectivity index (χ1) is 14.7. The molecular formula is C21H24FN7O. The molecule has 0 bridgehead atoms. The summed E-state index contributed by atoms with van der Waals surface area (Å²) in [6.45, 7) is 1.27. The van der Waals surface area contributed by atoms with Gasteiger partial charge in [0.2, 0.25) is 0 Å². The van der Waals surface area contributed by atoms with Crippen LogP contribution in [-0.2, 0) is 0 Å². The number of anilines is 1. The lowest BCUT2D eigenvalue weighted by atomic mass is 10.1. The monoisotopic (exact) mass is 409 g/mol. The topological polar surface area (TPSA) is 89.3 Å². The summed E-state index contributed by atoms with van der Waals surface area (Å²) >= 11 is 0. The van der Waals surface area contributed by atoms with Gasteiger partial charge in [0.05, 0.1) is 30.7 Å². The fourth-order valence-electron chi connectivity index (χ4n) is 3.90. The van der Waals surface area contributed by atoms with Gasteiger partial charge in [0.25, 0.3) is 0 Å². The van der Waals surface area contributed by atoms with Gasteiger partial charge in [0.1, 0.15) is 34.8 Å². The molecule has 6 rings (SSSR count). The molecule has 2 unspecified atom stereocenters. The van der Waals surface area contributed by atoms with Crippen LogP contribution < -0.4 is 15.4 Å². The minimum absolute atomic E-state index is 0.313. The Hall–Kier alpha value is -2.81. The first-order valence-corrected chi connectivity index (χ1v) is 10.7. The molecular weight excluding hydrogens is 385 g/mol. The van der Waals surface area contributed by atoms with Gasteiger partial charge in [-0.3, -0.25) is 4.98 Å². The zero-order chi connectivity index (χ0) is 20.1. The van der Waals surface area contributed by atoms with E-state index in [9.17, 15) is 4.39 Å². The molecule has 0 spiro atoms. The molecule has 1 aliphatic heterocycles. The molecule has 4 heterocycles. The third kappa shape index (κ3) is 3.47. The Kier molecular flexibility index (Phi) is 4.29. The molecule has 2 atom stereocenters. The summed E-state index contributed by atoms with van der Waals surface area (Å²) in [5, 5.41) is 11.3. The van der Waals surface area contributed by atoms with Crippen LogP contribution in [0.2, 0.25) is 0 Å². The average molecular weight is 409 g/mol. The number of hydrogen-bond donors (Lipinski definition) is 2. The summed E-state index contributed by atoms with van der Waals surface area (Å²) < 4.78 is 22.1. The number of alkyl halides is 1. The standard InChI is InChI=1S/C21H24FN7O/c22-14-5-6-23-8-15(14)26-19-11-24-9-16(27-19)17-10-25-20-7-18(30-13-3-4-13)21(12-1-2-12)28-29(17)20/h7,9-15,23H,1-6,8H2,(H,26,27). The zero-order valence-electron chi connectivity index (χ0n) is 16.6. The van der Waals surface area contributed by atoms with E-state index < -0.39 is 6.17 Å². The Morgan fingerprint density at radius 3 is 2.83 bits per heavy atom. The van der Waals surface area contributed by atoms with Gasteiger partial charge in [0, 0.05) is 18.5 Å². The van der Waals surface area contributed by atoms with E-state index in [1.54, 1.807) is 18.6 Å². The van der Waals surface area contributed by atoms with Crippen molar-refractivity contribution in [3.8, 4) is 17.1 Å². The van der Waals surface area contributed by atoms with E-state index in [0.717, 1.165) is 48.5 Å². The van der Waals surface area contributed by atoms with Crippen molar-refractivity contribution in [2.45, 2.75) is 56.3 Å². The van der Waals surface area contributed by atoms with Crippen LogP contribution in [0.15, 0.2) is 24.7 Å². The van der Waals surface area contributed by atoms with Crippen LogP contribution in [0.1, 0.15) is 43.7 Å². The maximum absolute atomic E-state index is 14.2. The maximum Gasteiger partial charge on any atom is 0.157 e. The van der Waals surface area contributed by atoms with E-state index in [0.29, 0.717) is 43.0 Å². The summed E-state index contributed by atoms with van der Waals surface area (Å²) in [7, 11) is 0. The first kappa shape index (κ1) is 18.0. The number of ether oxygens (including phenoxy) is 1. The van der Waals surface area contributed by atoms with Gasteiger partial charge in [-0.15, -0.1) is 0 Å². The summed E-state index contributed by atoms with van der Waals surface area (Å²) in [4.78, 5) is 13.5. The smallest absolute Gasteiger partial charge is 0.157 e. The van der Waals surface area contributed by atoms with Gasteiger partial charge >= 0.3 is 0 Å². The molecule has 2 saturated carbocycles. The lowest BCUT2D eigenvalue weighted by Crippen LogP contribution is -2.46. The minimum atomic E-state index is -0.903. The van der Waals surface area contributed by atoms with Crippen LogP contribution in [0.5, 0.6) is 5.75 Å². The van der Waals surface area contributed by atoms with Crippen molar-refractivity contribution >= 4 is 11.5 Å². The molecule has 3 aliphatic rings. The molecule has 0 radical (unpaired) electrons. The summed E-state index contributed by atoms with van der Waals surface area (Å²) in [6, 6.07) is 1.67.